The van der Waals surface area contributed by atoms with E-state index < -0.39 is 0 Å². The molecule has 1 atom stereocenters. The number of pyridine rings is 1. The van der Waals surface area contributed by atoms with Crippen molar-refractivity contribution in [3.05, 3.63) is 23.5 Å². The van der Waals surface area contributed by atoms with Crippen LogP contribution in [0.2, 0.25) is 0 Å². The summed E-state index contributed by atoms with van der Waals surface area (Å²) in [5.41, 5.74) is 3.01. The van der Waals surface area contributed by atoms with Gasteiger partial charge in [0, 0.05) is 44.2 Å². The van der Waals surface area contributed by atoms with Gasteiger partial charge in [-0.15, -0.1) is 0 Å². The van der Waals surface area contributed by atoms with Gasteiger partial charge in [0.2, 0.25) is 5.91 Å². The first-order chi connectivity index (χ1) is 9.13. The maximum atomic E-state index is 11.1. The van der Waals surface area contributed by atoms with E-state index in [1.54, 1.807) is 4.68 Å². The number of aryl methyl sites for hydroxylation is 2. The zero-order valence-electron chi connectivity index (χ0n) is 11.1. The van der Waals surface area contributed by atoms with E-state index in [2.05, 4.69) is 26.8 Å². The van der Waals surface area contributed by atoms with E-state index in [4.69, 9.17) is 0 Å². The van der Waals surface area contributed by atoms with Crippen molar-refractivity contribution >= 4 is 16.9 Å². The Morgan fingerprint density at radius 2 is 2.42 bits per heavy atom. The summed E-state index contributed by atoms with van der Waals surface area (Å²) in [6, 6.07) is 2.33. The van der Waals surface area contributed by atoms with Crippen molar-refractivity contribution in [3.8, 4) is 0 Å². The summed E-state index contributed by atoms with van der Waals surface area (Å²) in [7, 11) is 1.90. The first kappa shape index (κ1) is 12.1. The Morgan fingerprint density at radius 1 is 1.58 bits per heavy atom. The molecule has 0 radical (unpaired) electrons. The number of nitrogens with one attached hydrogen (secondary N) is 2. The third-order valence-corrected chi connectivity index (χ3v) is 3.49. The molecule has 1 amide bonds. The maximum Gasteiger partial charge on any atom is 0.221 e. The van der Waals surface area contributed by atoms with Crippen molar-refractivity contribution < 1.29 is 4.79 Å². The lowest BCUT2D eigenvalue weighted by atomic mass is 10.2. The minimum Gasteiger partial charge on any atom is -0.354 e. The van der Waals surface area contributed by atoms with E-state index in [0.29, 0.717) is 13.0 Å². The number of nitrogens with zero attached hydrogens (tertiary/aromatic N) is 3. The van der Waals surface area contributed by atoms with Crippen molar-refractivity contribution in [2.45, 2.75) is 25.9 Å². The molecule has 1 unspecified atom stereocenters. The van der Waals surface area contributed by atoms with Gasteiger partial charge in [-0.1, -0.05) is 0 Å². The fourth-order valence-corrected chi connectivity index (χ4v) is 2.46. The van der Waals surface area contributed by atoms with E-state index in [0.717, 1.165) is 28.8 Å². The Balaban J connectivity index is 1.74. The van der Waals surface area contributed by atoms with Crippen LogP contribution in [0.4, 0.5) is 0 Å². The Kier molecular flexibility index (Phi) is 2.94. The third kappa shape index (κ3) is 2.31. The SMILES string of the molecule is Cc1nn(C)c2ncc(CNC3CNC(=O)C3)cc12. The molecular formula is C13H17N5O. The van der Waals surface area contributed by atoms with Gasteiger partial charge in [-0.3, -0.25) is 9.48 Å². The molecule has 3 rings (SSSR count). The fraction of sp³-hybridized carbons (Fsp3) is 0.462. The average Bonchev–Trinajstić information content (AvgIpc) is 2.92. The predicted octanol–water partition coefficient (Wildman–Crippen LogP) is 0.255. The fourth-order valence-electron chi connectivity index (χ4n) is 2.46. The van der Waals surface area contributed by atoms with Crippen LogP contribution in [0.25, 0.3) is 11.0 Å². The van der Waals surface area contributed by atoms with Crippen LogP contribution in [0.3, 0.4) is 0 Å². The number of carbonyl (C=O) groups excluding carboxylic acids is 1. The Labute approximate surface area is 111 Å². The van der Waals surface area contributed by atoms with Gasteiger partial charge in [0.05, 0.1) is 5.69 Å². The molecule has 0 aromatic carbocycles. The molecule has 6 heteroatoms. The minimum absolute atomic E-state index is 0.120. The van der Waals surface area contributed by atoms with E-state index >= 15 is 0 Å². The summed E-state index contributed by atoms with van der Waals surface area (Å²) in [4.78, 5) is 15.6. The minimum atomic E-state index is 0.120. The van der Waals surface area contributed by atoms with E-state index in [-0.39, 0.29) is 11.9 Å². The van der Waals surface area contributed by atoms with Crippen LogP contribution in [0.1, 0.15) is 17.7 Å². The molecule has 0 aliphatic carbocycles. The lowest BCUT2D eigenvalue weighted by Gasteiger charge is -2.09. The van der Waals surface area contributed by atoms with Crippen LogP contribution in [0, 0.1) is 6.92 Å². The highest BCUT2D eigenvalue weighted by Crippen LogP contribution is 2.16. The first-order valence-electron chi connectivity index (χ1n) is 6.42. The highest BCUT2D eigenvalue weighted by molar-refractivity contribution is 5.79. The van der Waals surface area contributed by atoms with Crippen LogP contribution in [-0.4, -0.2) is 33.3 Å². The summed E-state index contributed by atoms with van der Waals surface area (Å²) in [5.74, 6) is 0.120. The van der Waals surface area contributed by atoms with Crippen LogP contribution in [0.15, 0.2) is 12.3 Å². The van der Waals surface area contributed by atoms with Gasteiger partial charge in [-0.05, 0) is 18.6 Å². The van der Waals surface area contributed by atoms with E-state index in [1.807, 2.05) is 20.2 Å². The van der Waals surface area contributed by atoms with Crippen molar-refractivity contribution in [2.24, 2.45) is 7.05 Å². The predicted molar refractivity (Wildman–Crippen MR) is 71.5 cm³/mol. The second-order valence-electron chi connectivity index (χ2n) is 5.01. The number of hydrogen-bond donors (Lipinski definition) is 2. The maximum absolute atomic E-state index is 11.1. The summed E-state index contributed by atoms with van der Waals surface area (Å²) >= 11 is 0. The highest BCUT2D eigenvalue weighted by Gasteiger charge is 2.20. The van der Waals surface area contributed by atoms with E-state index in [9.17, 15) is 4.79 Å². The van der Waals surface area contributed by atoms with Crippen LogP contribution in [-0.2, 0) is 18.4 Å². The number of fused-ring (bicyclic) bond motifs is 1. The molecule has 0 bridgehead atoms. The van der Waals surface area contributed by atoms with Crippen LogP contribution >= 0.6 is 0 Å². The molecule has 3 heterocycles. The largest absolute Gasteiger partial charge is 0.354 e. The van der Waals surface area contributed by atoms with Gasteiger partial charge in [-0.2, -0.15) is 5.10 Å². The summed E-state index contributed by atoms with van der Waals surface area (Å²) < 4.78 is 1.79. The number of hydrogen-bond acceptors (Lipinski definition) is 4. The van der Waals surface area contributed by atoms with Gasteiger partial charge in [0.1, 0.15) is 0 Å². The first-order valence-corrected chi connectivity index (χ1v) is 6.42. The van der Waals surface area contributed by atoms with Crippen molar-refractivity contribution in [1.82, 2.24) is 25.4 Å². The number of rotatable bonds is 3. The molecule has 1 aliphatic heterocycles. The number of amides is 1. The lowest BCUT2D eigenvalue weighted by molar-refractivity contribution is -0.119. The summed E-state index contributed by atoms with van der Waals surface area (Å²) in [6.07, 6.45) is 2.42. The zero-order valence-corrected chi connectivity index (χ0v) is 11.1. The molecule has 19 heavy (non-hydrogen) atoms. The zero-order chi connectivity index (χ0) is 13.4. The number of carbonyl (C=O) groups is 1. The summed E-state index contributed by atoms with van der Waals surface area (Å²) in [6.45, 7) is 3.41. The van der Waals surface area contributed by atoms with E-state index in [1.165, 1.54) is 0 Å². The van der Waals surface area contributed by atoms with Crippen molar-refractivity contribution in [1.29, 1.82) is 0 Å². The van der Waals surface area contributed by atoms with Gasteiger partial charge >= 0.3 is 0 Å². The van der Waals surface area contributed by atoms with Gasteiger partial charge < -0.3 is 10.6 Å². The lowest BCUT2D eigenvalue weighted by Crippen LogP contribution is -2.30. The van der Waals surface area contributed by atoms with Gasteiger partial charge in [0.15, 0.2) is 5.65 Å². The van der Waals surface area contributed by atoms with Gasteiger partial charge in [-0.25, -0.2) is 4.98 Å². The molecule has 1 saturated heterocycles. The quantitative estimate of drug-likeness (QED) is 0.829. The molecule has 6 nitrogen and oxygen atoms in total. The molecule has 0 spiro atoms. The Bertz CT molecular complexity index is 633. The Morgan fingerprint density at radius 3 is 3.16 bits per heavy atom. The molecule has 2 N–H and O–H groups in total. The average molecular weight is 259 g/mol. The second-order valence-corrected chi connectivity index (χ2v) is 5.01. The Hall–Kier alpha value is -1.95. The number of aromatic nitrogens is 3. The standard InChI is InChI=1S/C13H17N5O/c1-8-11-3-9(6-16-13(11)18(2)17-8)5-14-10-4-12(19)15-7-10/h3,6,10,14H,4-5,7H2,1-2H3,(H,15,19). The highest BCUT2D eigenvalue weighted by atomic mass is 16.1. The van der Waals surface area contributed by atoms with Crippen molar-refractivity contribution in [3.63, 3.8) is 0 Å². The molecule has 100 valence electrons. The topological polar surface area (TPSA) is 71.8 Å². The van der Waals surface area contributed by atoms with Crippen LogP contribution in [0.5, 0.6) is 0 Å². The molecule has 2 aromatic heterocycles. The molecular weight excluding hydrogens is 242 g/mol. The van der Waals surface area contributed by atoms with Crippen molar-refractivity contribution in [2.75, 3.05) is 6.54 Å². The molecule has 1 aliphatic rings. The van der Waals surface area contributed by atoms with Gasteiger partial charge in [0.25, 0.3) is 0 Å². The van der Waals surface area contributed by atoms with Crippen LogP contribution < -0.4 is 10.6 Å². The molecule has 1 fully saturated rings. The smallest absolute Gasteiger partial charge is 0.221 e. The summed E-state index contributed by atoms with van der Waals surface area (Å²) in [5, 5.41) is 11.6. The molecule has 0 saturated carbocycles. The monoisotopic (exact) mass is 259 g/mol. The second kappa shape index (κ2) is 4.62. The third-order valence-electron chi connectivity index (χ3n) is 3.49. The molecule has 2 aromatic rings. The normalized spacial score (nSPS) is 19.1.